The van der Waals surface area contributed by atoms with E-state index in [1.54, 1.807) is 25.8 Å². The van der Waals surface area contributed by atoms with Crippen molar-refractivity contribution in [1.29, 1.82) is 0 Å². The van der Waals surface area contributed by atoms with E-state index >= 15 is 0 Å². The number of rotatable bonds is 9. The van der Waals surface area contributed by atoms with Crippen LogP contribution in [0.5, 0.6) is 0 Å². The second kappa shape index (κ2) is 13.4. The normalized spacial score (nSPS) is 39.6. The molecule has 3 saturated carbocycles. The number of nitrogens with zero attached hydrogens (tertiary/aromatic N) is 1. The van der Waals surface area contributed by atoms with Crippen LogP contribution in [0.4, 0.5) is 0 Å². The summed E-state index contributed by atoms with van der Waals surface area (Å²) in [5, 5.41) is 14.9. The maximum Gasteiger partial charge on any atom is 0.327 e. The topological polar surface area (TPSA) is 145 Å². The highest BCUT2D eigenvalue weighted by Gasteiger charge is 2.74. The van der Waals surface area contributed by atoms with Crippen molar-refractivity contribution < 1.29 is 48.0 Å². The Morgan fingerprint density at radius 3 is 2.64 bits per heavy atom. The Hall–Kier alpha value is -2.87. The van der Waals surface area contributed by atoms with E-state index in [0.717, 1.165) is 43.2 Å². The molecule has 12 heteroatoms. The number of esters is 2. The highest BCUT2D eigenvalue weighted by Crippen LogP contribution is 2.60. The molecule has 1 amide bonds. The second-order valence-electron chi connectivity index (χ2n) is 18.4. The van der Waals surface area contributed by atoms with Gasteiger partial charge < -0.3 is 34.1 Å². The van der Waals surface area contributed by atoms with Gasteiger partial charge >= 0.3 is 11.9 Å². The van der Waals surface area contributed by atoms with E-state index < -0.39 is 72.0 Å². The molecule has 7 fully saturated rings. The lowest BCUT2D eigenvalue weighted by Gasteiger charge is -2.53. The van der Waals surface area contributed by atoms with Crippen LogP contribution < -0.4 is 5.32 Å². The van der Waals surface area contributed by atoms with Crippen molar-refractivity contribution in [2.24, 2.45) is 22.7 Å². The Morgan fingerprint density at radius 1 is 1.11 bits per heavy atom. The highest BCUT2D eigenvalue weighted by atomic mass is 16.8. The number of hydrogen-bond donors (Lipinski definition) is 2. The lowest BCUT2D eigenvalue weighted by molar-refractivity contribution is -0.201. The first kappa shape index (κ1) is 37.1. The van der Waals surface area contributed by atoms with Gasteiger partial charge in [0.15, 0.2) is 6.04 Å². The third-order valence-corrected chi connectivity index (χ3v) is 13.3. The number of aliphatic hydroxyl groups excluding tert-OH is 1. The first-order valence-corrected chi connectivity index (χ1v) is 19.6. The minimum absolute atomic E-state index is 0.00117. The smallest absolute Gasteiger partial charge is 0.327 e. The van der Waals surface area contributed by atoms with Crippen LogP contribution >= 0.6 is 0 Å². The van der Waals surface area contributed by atoms with Gasteiger partial charge in [-0.3, -0.25) is 19.2 Å². The quantitative estimate of drug-likeness (QED) is 0.271. The van der Waals surface area contributed by atoms with Gasteiger partial charge in [0.2, 0.25) is 5.91 Å². The van der Waals surface area contributed by atoms with Crippen LogP contribution in [0.15, 0.2) is 29.8 Å². The molecule has 290 valence electrons. The minimum atomic E-state index is -1.37. The number of carbonyl (C=O) groups is 3. The summed E-state index contributed by atoms with van der Waals surface area (Å²) in [6, 6.07) is 6.38. The van der Waals surface area contributed by atoms with E-state index in [0.29, 0.717) is 17.9 Å². The molecule has 3 aliphatic carbocycles. The summed E-state index contributed by atoms with van der Waals surface area (Å²) >= 11 is 0. The van der Waals surface area contributed by atoms with Crippen molar-refractivity contribution in [1.82, 2.24) is 10.4 Å². The molecule has 0 spiro atoms. The molecule has 0 radical (unpaired) electrons. The molecule has 1 aromatic rings. The number of epoxide rings is 1. The third kappa shape index (κ3) is 6.65. The van der Waals surface area contributed by atoms with E-state index in [1.165, 1.54) is 5.57 Å². The molecule has 7 aliphatic rings. The molecule has 11 atom stereocenters. The standard InChI is InChI=1S/C41H56N2O10/c1-38(2,3)52-31(45)14-12-26(21-44)42-37(47)41-19-29-32-33(49-22-48-32)35(41)53-43(34(41)36(46)50-29)20-25-10-8-7-9-23(25)17-24-11-13-30-40(6,51-30)16-15-28-27(24)18-39(28,4)5/h7-10,17,26-30,32-35,44H,11-16,18-22H2,1-6H3,(H,42,47)/t26-,27+,28+,29+,30?,32-,33-,34-,35+,40+,41-/m0/s1. The Morgan fingerprint density at radius 2 is 1.89 bits per heavy atom. The van der Waals surface area contributed by atoms with Crippen LogP contribution in [0.2, 0.25) is 0 Å². The fourth-order valence-corrected chi connectivity index (χ4v) is 10.4. The summed E-state index contributed by atoms with van der Waals surface area (Å²) in [7, 11) is 0. The first-order chi connectivity index (χ1) is 25.1. The molecular formula is C41H56N2O10. The lowest BCUT2D eigenvalue weighted by Crippen LogP contribution is -2.70. The van der Waals surface area contributed by atoms with Crippen molar-refractivity contribution in [2.45, 2.75) is 153 Å². The second-order valence-corrected chi connectivity index (χ2v) is 18.4. The van der Waals surface area contributed by atoms with Gasteiger partial charge in [-0.25, -0.2) is 0 Å². The first-order valence-electron chi connectivity index (χ1n) is 19.6. The van der Waals surface area contributed by atoms with Crippen molar-refractivity contribution in [3.63, 3.8) is 0 Å². The van der Waals surface area contributed by atoms with Gasteiger partial charge in [-0.1, -0.05) is 49.8 Å². The van der Waals surface area contributed by atoms with E-state index in [4.69, 9.17) is 28.5 Å². The van der Waals surface area contributed by atoms with Crippen LogP contribution in [0.25, 0.3) is 6.08 Å². The monoisotopic (exact) mass is 736 g/mol. The molecule has 1 aromatic carbocycles. The Balaban J connectivity index is 1.07. The highest BCUT2D eigenvalue weighted by molar-refractivity contribution is 5.93. The van der Waals surface area contributed by atoms with E-state index in [1.807, 2.05) is 12.1 Å². The van der Waals surface area contributed by atoms with Crippen molar-refractivity contribution in [3.05, 3.63) is 41.0 Å². The van der Waals surface area contributed by atoms with Crippen LogP contribution in [-0.4, -0.2) is 95.2 Å². The van der Waals surface area contributed by atoms with E-state index in [9.17, 15) is 19.5 Å². The van der Waals surface area contributed by atoms with Crippen LogP contribution in [0, 0.1) is 22.7 Å². The molecule has 4 aliphatic heterocycles. The van der Waals surface area contributed by atoms with Gasteiger partial charge in [0.1, 0.15) is 42.2 Å². The SMILES string of the molecule is CC(C)(C)OC(=O)CC[C@@H](CO)NC(=O)[C@@]12C[C@H]3OC(=O)[C@@H]1N(Cc1ccccc1C=C1CCC4O[C@]4(C)CC[C@@H]4[C@@H]1CC4(C)C)O[C@@H]2[C@H]1OCO[C@H]13. The number of fused-ring (bicyclic) bond motifs is 6. The number of amides is 1. The molecular weight excluding hydrogens is 680 g/mol. The van der Waals surface area contributed by atoms with Crippen molar-refractivity contribution in [2.75, 3.05) is 13.4 Å². The van der Waals surface area contributed by atoms with Gasteiger partial charge in [0, 0.05) is 12.8 Å². The van der Waals surface area contributed by atoms with Gasteiger partial charge in [-0.2, -0.15) is 5.06 Å². The summed E-state index contributed by atoms with van der Waals surface area (Å²) in [5.74, 6) is -0.296. The molecule has 12 nitrogen and oxygen atoms in total. The van der Waals surface area contributed by atoms with Gasteiger partial charge in [-0.15, -0.1) is 0 Å². The number of nitrogens with one attached hydrogen (secondary N) is 1. The molecule has 4 saturated heterocycles. The van der Waals surface area contributed by atoms with E-state index in [-0.39, 0.29) is 43.6 Å². The lowest BCUT2D eigenvalue weighted by atomic mass is 9.52. The zero-order valence-electron chi connectivity index (χ0n) is 31.9. The van der Waals surface area contributed by atoms with Crippen molar-refractivity contribution in [3.8, 4) is 0 Å². The van der Waals surface area contributed by atoms with Crippen LogP contribution in [-0.2, 0) is 49.5 Å². The predicted octanol–water partition coefficient (Wildman–Crippen LogP) is 4.60. The number of hydrogen-bond acceptors (Lipinski definition) is 11. The average molecular weight is 737 g/mol. The van der Waals surface area contributed by atoms with Crippen molar-refractivity contribution >= 4 is 23.9 Å². The maximum atomic E-state index is 14.6. The maximum absolute atomic E-state index is 14.6. The summed E-state index contributed by atoms with van der Waals surface area (Å²) < 4.78 is 29.5. The molecule has 4 heterocycles. The molecule has 0 aromatic heterocycles. The predicted molar refractivity (Wildman–Crippen MR) is 191 cm³/mol. The number of carbonyl (C=O) groups excluding carboxylic acids is 3. The number of aliphatic hydroxyl groups is 1. The van der Waals surface area contributed by atoms with Gasteiger partial charge in [0.05, 0.1) is 30.9 Å². The molecule has 8 rings (SSSR count). The fourth-order valence-electron chi connectivity index (χ4n) is 10.4. The summed E-state index contributed by atoms with van der Waals surface area (Å²) in [5.41, 5.74) is 1.75. The van der Waals surface area contributed by atoms with Gasteiger partial charge in [0.25, 0.3) is 0 Å². The summed E-state index contributed by atoms with van der Waals surface area (Å²) in [6.45, 7) is 12.3. The molecule has 2 bridgehead atoms. The minimum Gasteiger partial charge on any atom is -0.460 e. The zero-order chi connectivity index (χ0) is 37.5. The molecule has 53 heavy (non-hydrogen) atoms. The van der Waals surface area contributed by atoms with E-state index in [2.05, 4.69) is 44.3 Å². The Bertz CT molecular complexity index is 1650. The Labute approximate surface area is 312 Å². The largest absolute Gasteiger partial charge is 0.460 e. The number of hydroxylamine groups is 2. The number of benzene rings is 1. The number of ether oxygens (including phenoxy) is 5. The molecule has 2 N–H and O–H groups in total. The fraction of sp³-hybridized carbons (Fsp3) is 0.732. The van der Waals surface area contributed by atoms with Gasteiger partial charge in [-0.05, 0) is 94.6 Å². The average Bonchev–Trinajstić information content (AvgIpc) is 3.38. The van der Waals surface area contributed by atoms with Crippen LogP contribution in [0.1, 0.15) is 104 Å². The molecule has 1 unspecified atom stereocenters. The summed E-state index contributed by atoms with van der Waals surface area (Å²) in [6.07, 6.45) is 5.70. The Kier molecular flexibility index (Phi) is 9.38. The number of allylic oxidation sites excluding steroid dienone is 1. The third-order valence-electron chi connectivity index (χ3n) is 13.3. The zero-order valence-corrected chi connectivity index (χ0v) is 31.9. The summed E-state index contributed by atoms with van der Waals surface area (Å²) in [4.78, 5) is 47.8. The van der Waals surface area contributed by atoms with Crippen LogP contribution in [0.3, 0.4) is 0 Å².